The van der Waals surface area contributed by atoms with Crippen LogP contribution in [0.2, 0.25) is 0 Å². The number of carbonyl (C=O) groups is 1. The molecule has 2 N–H and O–H groups in total. The molecule has 2 saturated heterocycles. The molecular weight excluding hydrogens is 292 g/mol. The van der Waals surface area contributed by atoms with Gasteiger partial charge in [0.15, 0.2) is 0 Å². The third-order valence-electron chi connectivity index (χ3n) is 4.51. The number of thiophene rings is 1. The summed E-state index contributed by atoms with van der Waals surface area (Å²) >= 11 is 1.66. The van der Waals surface area contributed by atoms with Crippen molar-refractivity contribution in [3.05, 3.63) is 22.4 Å². The summed E-state index contributed by atoms with van der Waals surface area (Å²) in [6.45, 7) is 4.04. The minimum Gasteiger partial charge on any atom is -0.352 e. The van der Waals surface area contributed by atoms with E-state index >= 15 is 0 Å². The molecule has 1 amide bonds. The van der Waals surface area contributed by atoms with Crippen molar-refractivity contribution >= 4 is 29.7 Å². The Morgan fingerprint density at radius 3 is 2.55 bits per heavy atom. The predicted octanol–water partition coefficient (Wildman–Crippen LogP) is 2.85. The Balaban J connectivity index is 0.00000147. The van der Waals surface area contributed by atoms with Gasteiger partial charge in [0.25, 0.3) is 0 Å². The van der Waals surface area contributed by atoms with Crippen LogP contribution in [0.25, 0.3) is 0 Å². The van der Waals surface area contributed by atoms with E-state index in [4.69, 9.17) is 0 Å². The smallest absolute Gasteiger partial charge is 0.231 e. The largest absolute Gasteiger partial charge is 0.352 e. The van der Waals surface area contributed by atoms with Crippen molar-refractivity contribution in [3.63, 3.8) is 0 Å². The third-order valence-corrected chi connectivity index (χ3v) is 5.71. The molecule has 0 saturated carbocycles. The van der Waals surface area contributed by atoms with Crippen molar-refractivity contribution in [3.8, 4) is 0 Å². The van der Waals surface area contributed by atoms with E-state index in [1.54, 1.807) is 11.3 Å². The highest BCUT2D eigenvalue weighted by atomic mass is 35.5. The van der Waals surface area contributed by atoms with Crippen molar-refractivity contribution in [1.29, 1.82) is 0 Å². The summed E-state index contributed by atoms with van der Waals surface area (Å²) < 4.78 is 0. The van der Waals surface area contributed by atoms with Gasteiger partial charge in [-0.3, -0.25) is 4.79 Å². The van der Waals surface area contributed by atoms with Crippen molar-refractivity contribution in [2.45, 2.75) is 63.1 Å². The molecule has 1 aromatic heterocycles. The molecule has 2 aliphatic heterocycles. The third kappa shape index (κ3) is 3.02. The van der Waals surface area contributed by atoms with Crippen LogP contribution >= 0.6 is 23.7 Å². The highest BCUT2D eigenvalue weighted by Crippen LogP contribution is 2.30. The van der Waals surface area contributed by atoms with E-state index in [0.717, 1.165) is 17.7 Å². The Hall–Kier alpha value is -0.580. The molecule has 2 aliphatic rings. The maximum atomic E-state index is 12.5. The van der Waals surface area contributed by atoms with Crippen LogP contribution in [0.3, 0.4) is 0 Å². The van der Waals surface area contributed by atoms with Gasteiger partial charge in [-0.25, -0.2) is 0 Å². The molecule has 1 aromatic rings. The topological polar surface area (TPSA) is 41.1 Å². The van der Waals surface area contributed by atoms with E-state index < -0.39 is 5.41 Å². The first kappa shape index (κ1) is 15.8. The minimum atomic E-state index is -0.419. The molecular formula is C15H23ClN2OS. The summed E-state index contributed by atoms with van der Waals surface area (Å²) in [5, 5.41) is 8.92. The van der Waals surface area contributed by atoms with Crippen LogP contribution in [-0.2, 0) is 10.2 Å². The molecule has 112 valence electrons. The fourth-order valence-electron chi connectivity index (χ4n) is 3.29. The summed E-state index contributed by atoms with van der Waals surface area (Å²) in [6, 6.07) is 5.66. The summed E-state index contributed by atoms with van der Waals surface area (Å²) in [6.07, 6.45) is 4.71. The molecule has 3 nitrogen and oxygen atoms in total. The fraction of sp³-hybridized carbons (Fsp3) is 0.667. The number of carbonyl (C=O) groups excluding carboxylic acids is 1. The molecule has 5 heteroatoms. The summed E-state index contributed by atoms with van der Waals surface area (Å²) in [4.78, 5) is 13.7. The molecule has 0 radical (unpaired) electrons. The van der Waals surface area contributed by atoms with Crippen LogP contribution < -0.4 is 10.6 Å². The number of hydrogen-bond acceptors (Lipinski definition) is 3. The number of hydrogen-bond donors (Lipinski definition) is 2. The number of fused-ring (bicyclic) bond motifs is 2. The Morgan fingerprint density at radius 1 is 1.35 bits per heavy atom. The summed E-state index contributed by atoms with van der Waals surface area (Å²) in [7, 11) is 0. The van der Waals surface area contributed by atoms with Crippen molar-refractivity contribution < 1.29 is 4.79 Å². The van der Waals surface area contributed by atoms with Crippen LogP contribution in [0.4, 0.5) is 0 Å². The average Bonchev–Trinajstić information content (AvgIpc) is 2.99. The van der Waals surface area contributed by atoms with Gasteiger partial charge in [0.2, 0.25) is 5.91 Å². The number of amides is 1. The van der Waals surface area contributed by atoms with E-state index in [2.05, 4.69) is 16.7 Å². The first-order valence-electron chi connectivity index (χ1n) is 7.16. The van der Waals surface area contributed by atoms with Gasteiger partial charge in [-0.2, -0.15) is 0 Å². The quantitative estimate of drug-likeness (QED) is 0.901. The second kappa shape index (κ2) is 6.04. The maximum absolute atomic E-state index is 12.5. The minimum absolute atomic E-state index is 0. The van der Waals surface area contributed by atoms with Crippen LogP contribution in [0.1, 0.15) is 44.4 Å². The lowest BCUT2D eigenvalue weighted by Gasteiger charge is -2.32. The Morgan fingerprint density at radius 2 is 2.00 bits per heavy atom. The van der Waals surface area contributed by atoms with Gasteiger partial charge < -0.3 is 10.6 Å². The Kier molecular flexibility index (Phi) is 4.77. The molecule has 2 fully saturated rings. The van der Waals surface area contributed by atoms with E-state index in [9.17, 15) is 4.79 Å². The second-order valence-electron chi connectivity index (χ2n) is 6.38. The number of rotatable bonds is 3. The molecule has 3 rings (SSSR count). The van der Waals surface area contributed by atoms with E-state index in [-0.39, 0.29) is 18.3 Å². The first-order valence-corrected chi connectivity index (χ1v) is 8.04. The zero-order valence-corrected chi connectivity index (χ0v) is 13.7. The van der Waals surface area contributed by atoms with Crippen molar-refractivity contribution in [2.24, 2.45) is 0 Å². The number of nitrogens with one attached hydrogen (secondary N) is 2. The highest BCUT2D eigenvalue weighted by molar-refractivity contribution is 7.10. The lowest BCUT2D eigenvalue weighted by atomic mass is 9.89. The maximum Gasteiger partial charge on any atom is 0.231 e. The van der Waals surface area contributed by atoms with Gasteiger partial charge in [0, 0.05) is 23.0 Å². The monoisotopic (exact) mass is 314 g/mol. The first-order chi connectivity index (χ1) is 9.05. The molecule has 2 unspecified atom stereocenters. The number of piperidine rings is 1. The highest BCUT2D eigenvalue weighted by Gasteiger charge is 2.37. The zero-order chi connectivity index (χ0) is 13.5. The second-order valence-corrected chi connectivity index (χ2v) is 7.33. The van der Waals surface area contributed by atoms with Crippen molar-refractivity contribution in [2.75, 3.05) is 0 Å². The van der Waals surface area contributed by atoms with E-state index in [1.807, 2.05) is 25.3 Å². The van der Waals surface area contributed by atoms with Gasteiger partial charge in [-0.15, -0.1) is 23.7 Å². The van der Waals surface area contributed by atoms with Gasteiger partial charge in [-0.05, 0) is 51.0 Å². The molecule has 0 spiro atoms. The van der Waals surface area contributed by atoms with Crippen LogP contribution in [0.15, 0.2) is 17.5 Å². The zero-order valence-electron chi connectivity index (χ0n) is 12.0. The van der Waals surface area contributed by atoms with Crippen LogP contribution in [-0.4, -0.2) is 24.0 Å². The van der Waals surface area contributed by atoms with Gasteiger partial charge in [0.1, 0.15) is 0 Å². The number of halogens is 1. The fourth-order valence-corrected chi connectivity index (χ4v) is 4.14. The predicted molar refractivity (Wildman–Crippen MR) is 85.7 cm³/mol. The lowest BCUT2D eigenvalue weighted by molar-refractivity contribution is -0.126. The van der Waals surface area contributed by atoms with Crippen LogP contribution in [0.5, 0.6) is 0 Å². The van der Waals surface area contributed by atoms with E-state index in [0.29, 0.717) is 18.1 Å². The molecule has 0 aliphatic carbocycles. The van der Waals surface area contributed by atoms with Crippen LogP contribution in [0, 0.1) is 0 Å². The normalized spacial score (nSPS) is 28.8. The molecule has 20 heavy (non-hydrogen) atoms. The van der Waals surface area contributed by atoms with E-state index in [1.165, 1.54) is 12.8 Å². The molecule has 2 bridgehead atoms. The Labute approximate surface area is 130 Å². The van der Waals surface area contributed by atoms with Gasteiger partial charge in [-0.1, -0.05) is 6.07 Å². The van der Waals surface area contributed by atoms with Crippen molar-refractivity contribution in [1.82, 2.24) is 10.6 Å². The molecule has 3 heterocycles. The van der Waals surface area contributed by atoms with Gasteiger partial charge in [0.05, 0.1) is 5.41 Å². The SMILES string of the molecule is CC(C)(C(=O)NC1CC2CCC(C1)N2)c1cccs1.Cl. The summed E-state index contributed by atoms with van der Waals surface area (Å²) in [5.74, 6) is 0.168. The molecule has 2 atom stereocenters. The molecule has 0 aromatic carbocycles. The Bertz CT molecular complexity index is 448. The summed E-state index contributed by atoms with van der Waals surface area (Å²) in [5.41, 5.74) is -0.419. The average molecular weight is 315 g/mol. The standard InChI is InChI=1S/C15H22N2OS.ClH/c1-15(2,13-4-3-7-19-13)14(18)17-12-8-10-5-6-11(9-12)16-10;/h3-4,7,10-12,16H,5-6,8-9H2,1-2H3,(H,17,18);1H. The van der Waals surface area contributed by atoms with Gasteiger partial charge >= 0.3 is 0 Å². The lowest BCUT2D eigenvalue weighted by Crippen LogP contribution is -2.51.